The minimum Gasteiger partial charge on any atom is -0.373 e. The number of fused-ring (bicyclic) bond motifs is 2. The summed E-state index contributed by atoms with van der Waals surface area (Å²) in [4.78, 5) is 15.3. The smallest absolute Gasteiger partial charge is 0.163 e. The highest BCUT2D eigenvalue weighted by Gasteiger charge is 2.58. The predicted molar refractivity (Wildman–Crippen MR) is 131 cm³/mol. The maximum atomic E-state index is 6.20. The first kappa shape index (κ1) is 21.0. The summed E-state index contributed by atoms with van der Waals surface area (Å²) in [6.07, 6.45) is 12.6. The highest BCUT2D eigenvalue weighted by molar-refractivity contribution is 5.78. The van der Waals surface area contributed by atoms with E-state index in [4.69, 9.17) is 19.7 Å². The first-order valence-corrected chi connectivity index (χ1v) is 13.3. The van der Waals surface area contributed by atoms with Crippen LogP contribution in [0.4, 0.5) is 0 Å². The largest absolute Gasteiger partial charge is 0.373 e. The van der Waals surface area contributed by atoms with Gasteiger partial charge >= 0.3 is 0 Å². The minimum absolute atomic E-state index is 0.0722. The second kappa shape index (κ2) is 7.58. The van der Waals surface area contributed by atoms with Crippen molar-refractivity contribution in [1.29, 1.82) is 0 Å². The molecule has 3 aromatic rings. The van der Waals surface area contributed by atoms with Gasteiger partial charge in [0.15, 0.2) is 5.65 Å². The Labute approximate surface area is 201 Å². The van der Waals surface area contributed by atoms with Crippen molar-refractivity contribution >= 4 is 11.0 Å². The molecule has 0 N–H and O–H groups in total. The molecule has 0 aromatic carbocycles. The SMILES string of the molecule is Cc1ccc2c(C3CC4(C(C)C)CC3C4)nc([C@@H]3CCO[C@H](c4cnn(C5CC5)c4)C3)nc2n1. The summed E-state index contributed by atoms with van der Waals surface area (Å²) in [6, 6.07) is 4.93. The van der Waals surface area contributed by atoms with Crippen LogP contribution in [0.1, 0.15) is 106 Å². The van der Waals surface area contributed by atoms with E-state index in [9.17, 15) is 0 Å². The first-order chi connectivity index (χ1) is 16.5. The molecule has 1 saturated heterocycles. The number of pyridine rings is 1. The molecule has 5 fully saturated rings. The molecule has 4 aliphatic carbocycles. The van der Waals surface area contributed by atoms with E-state index >= 15 is 0 Å². The van der Waals surface area contributed by atoms with Crippen LogP contribution >= 0.6 is 0 Å². The van der Waals surface area contributed by atoms with Crippen LogP contribution in [0.15, 0.2) is 24.5 Å². The number of ether oxygens (including phenoxy) is 1. The van der Waals surface area contributed by atoms with E-state index in [1.165, 1.54) is 48.7 Å². The van der Waals surface area contributed by atoms with E-state index in [1.54, 1.807) is 0 Å². The Hall–Kier alpha value is -2.34. The molecule has 6 heteroatoms. The van der Waals surface area contributed by atoms with Crippen molar-refractivity contribution in [2.75, 3.05) is 6.61 Å². The molecule has 4 heterocycles. The third kappa shape index (κ3) is 3.32. The second-order valence-electron chi connectivity index (χ2n) is 11.9. The summed E-state index contributed by atoms with van der Waals surface area (Å²) in [7, 11) is 0. The van der Waals surface area contributed by atoms with Crippen molar-refractivity contribution in [1.82, 2.24) is 24.7 Å². The Morgan fingerprint density at radius 1 is 1.06 bits per heavy atom. The molecular weight excluding hydrogens is 422 g/mol. The first-order valence-electron chi connectivity index (χ1n) is 13.3. The van der Waals surface area contributed by atoms with Crippen LogP contribution in [-0.4, -0.2) is 31.3 Å². The molecular formula is C28H35N5O. The van der Waals surface area contributed by atoms with Crippen molar-refractivity contribution < 1.29 is 4.74 Å². The fraction of sp³-hybridized carbons (Fsp3) is 0.643. The Kier molecular flexibility index (Phi) is 4.68. The monoisotopic (exact) mass is 457 g/mol. The number of rotatable bonds is 5. The van der Waals surface area contributed by atoms with E-state index in [0.29, 0.717) is 23.3 Å². The molecule has 0 radical (unpaired) electrons. The Bertz CT molecular complexity index is 1240. The number of nitrogens with zero attached hydrogens (tertiary/aromatic N) is 5. The topological polar surface area (TPSA) is 65.7 Å². The molecule has 34 heavy (non-hydrogen) atoms. The number of aromatic nitrogens is 5. The molecule has 2 bridgehead atoms. The summed E-state index contributed by atoms with van der Waals surface area (Å²) in [5, 5.41) is 5.76. The highest BCUT2D eigenvalue weighted by Crippen LogP contribution is 2.68. The zero-order chi connectivity index (χ0) is 23.0. The fourth-order valence-electron chi connectivity index (χ4n) is 7.00. The van der Waals surface area contributed by atoms with Crippen LogP contribution in [0.3, 0.4) is 0 Å². The van der Waals surface area contributed by atoms with Crippen LogP contribution in [-0.2, 0) is 4.74 Å². The lowest BCUT2D eigenvalue weighted by Crippen LogP contribution is -2.33. The molecule has 0 amide bonds. The molecule has 0 spiro atoms. The quantitative estimate of drug-likeness (QED) is 0.467. The molecule has 6 nitrogen and oxygen atoms in total. The van der Waals surface area contributed by atoms with E-state index < -0.39 is 0 Å². The van der Waals surface area contributed by atoms with Crippen molar-refractivity contribution in [3.05, 3.63) is 47.3 Å². The van der Waals surface area contributed by atoms with Gasteiger partial charge < -0.3 is 4.74 Å². The molecule has 4 saturated carbocycles. The van der Waals surface area contributed by atoms with Gasteiger partial charge in [0.25, 0.3) is 0 Å². The average molecular weight is 458 g/mol. The summed E-state index contributed by atoms with van der Waals surface area (Å²) in [5.41, 5.74) is 4.89. The lowest BCUT2D eigenvalue weighted by atomic mass is 9.63. The normalized spacial score (nSPS) is 32.9. The highest BCUT2D eigenvalue weighted by atomic mass is 16.5. The van der Waals surface area contributed by atoms with Gasteiger partial charge in [-0.15, -0.1) is 0 Å². The maximum absolute atomic E-state index is 6.20. The molecule has 5 aliphatic rings. The molecule has 178 valence electrons. The predicted octanol–water partition coefficient (Wildman–Crippen LogP) is 6.04. The van der Waals surface area contributed by atoms with Crippen molar-refractivity contribution in [3.8, 4) is 0 Å². The van der Waals surface area contributed by atoms with E-state index in [1.807, 2.05) is 6.20 Å². The molecule has 1 aliphatic heterocycles. The van der Waals surface area contributed by atoms with Crippen molar-refractivity contribution in [2.24, 2.45) is 17.3 Å². The van der Waals surface area contributed by atoms with E-state index in [0.717, 1.165) is 48.4 Å². The lowest BCUT2D eigenvalue weighted by molar-refractivity contribution is 0.00390. The Morgan fingerprint density at radius 3 is 2.68 bits per heavy atom. The molecule has 1 unspecified atom stereocenters. The van der Waals surface area contributed by atoms with Gasteiger partial charge in [-0.05, 0) is 81.3 Å². The van der Waals surface area contributed by atoms with Crippen molar-refractivity contribution in [2.45, 2.75) is 89.7 Å². The minimum atomic E-state index is 0.0722. The summed E-state index contributed by atoms with van der Waals surface area (Å²) >= 11 is 0. The Morgan fingerprint density at radius 2 is 1.91 bits per heavy atom. The van der Waals surface area contributed by atoms with Crippen molar-refractivity contribution in [3.63, 3.8) is 0 Å². The van der Waals surface area contributed by atoms with Gasteiger partial charge in [-0.2, -0.15) is 5.10 Å². The molecule has 8 rings (SSSR count). The van der Waals surface area contributed by atoms with Gasteiger partial charge in [0, 0.05) is 41.3 Å². The van der Waals surface area contributed by atoms with Crippen LogP contribution in [0.2, 0.25) is 0 Å². The molecule has 3 atom stereocenters. The summed E-state index contributed by atoms with van der Waals surface area (Å²) < 4.78 is 8.33. The van der Waals surface area contributed by atoms with Crippen LogP contribution < -0.4 is 0 Å². The van der Waals surface area contributed by atoms with E-state index in [2.05, 4.69) is 48.9 Å². The van der Waals surface area contributed by atoms with Gasteiger partial charge in [0.05, 0.1) is 24.0 Å². The summed E-state index contributed by atoms with van der Waals surface area (Å²) in [6.45, 7) is 7.61. The lowest BCUT2D eigenvalue weighted by Gasteiger charge is -2.42. The number of aryl methyl sites for hydroxylation is 1. The van der Waals surface area contributed by atoms with Crippen LogP contribution in [0.5, 0.6) is 0 Å². The van der Waals surface area contributed by atoms with Gasteiger partial charge in [-0.3, -0.25) is 4.68 Å². The van der Waals surface area contributed by atoms with Crippen LogP contribution in [0.25, 0.3) is 11.0 Å². The zero-order valence-corrected chi connectivity index (χ0v) is 20.6. The van der Waals surface area contributed by atoms with E-state index in [-0.39, 0.29) is 6.10 Å². The standard InChI is InChI=1S/C28H35N5O/c1-16(2)28-11-19(12-28)23(13-28)25-22-7-4-17(3)30-27(22)32-26(31-25)18-8-9-34-24(10-18)20-14-29-33(15-20)21-5-6-21/h4,7,14-16,18-19,21,23-24H,5-6,8-13H2,1-3H3/t18-,19?,23?,24+,28?/m1/s1. The fourth-order valence-corrected chi connectivity index (χ4v) is 7.00. The van der Waals surface area contributed by atoms with Gasteiger partial charge in [0.2, 0.25) is 0 Å². The average Bonchev–Trinajstić information content (AvgIpc) is 3.26. The third-order valence-electron chi connectivity index (χ3n) is 9.42. The molecule has 3 aromatic heterocycles. The van der Waals surface area contributed by atoms with Gasteiger partial charge in [-0.25, -0.2) is 15.0 Å². The van der Waals surface area contributed by atoms with Gasteiger partial charge in [-0.1, -0.05) is 13.8 Å². The zero-order valence-electron chi connectivity index (χ0n) is 20.6. The maximum Gasteiger partial charge on any atom is 0.163 e. The van der Waals surface area contributed by atoms with Crippen LogP contribution in [0, 0.1) is 24.2 Å². The number of hydrogen-bond acceptors (Lipinski definition) is 5. The second-order valence-corrected chi connectivity index (χ2v) is 11.9. The number of hydrogen-bond donors (Lipinski definition) is 0. The summed E-state index contributed by atoms with van der Waals surface area (Å²) in [5.74, 6) is 3.33. The Balaban J connectivity index is 1.23. The third-order valence-corrected chi connectivity index (χ3v) is 9.42. The van der Waals surface area contributed by atoms with Gasteiger partial charge in [0.1, 0.15) is 5.82 Å².